The summed E-state index contributed by atoms with van der Waals surface area (Å²) in [6, 6.07) is 11.4. The third-order valence-corrected chi connectivity index (χ3v) is 2.86. The van der Waals surface area contributed by atoms with E-state index in [0.717, 1.165) is 6.29 Å². The van der Waals surface area contributed by atoms with Gasteiger partial charge in [-0.05, 0) is 42.3 Å². The Hall–Kier alpha value is -1.87. The molecule has 0 spiro atoms. The Labute approximate surface area is 115 Å². The van der Waals surface area contributed by atoms with Gasteiger partial charge in [0.25, 0.3) is 0 Å². The van der Waals surface area contributed by atoms with Gasteiger partial charge in [-0.25, -0.2) is 4.39 Å². The van der Waals surface area contributed by atoms with Crippen LogP contribution in [0.25, 0.3) is 0 Å². The lowest BCUT2D eigenvalue weighted by Crippen LogP contribution is -1.93. The molecule has 0 fully saturated rings. The molecule has 2 aromatic carbocycles. The summed E-state index contributed by atoms with van der Waals surface area (Å²) in [5.74, 6) is 0.632. The van der Waals surface area contributed by atoms with Crippen LogP contribution in [0, 0.1) is 5.82 Å². The SMILES string of the molecule is O=CCCc1ccc(Oc2ccc(Cl)cc2)cc1F. The quantitative estimate of drug-likeness (QED) is 0.758. The van der Waals surface area contributed by atoms with E-state index < -0.39 is 0 Å². The minimum atomic E-state index is -0.367. The summed E-state index contributed by atoms with van der Waals surface area (Å²) in [5, 5.41) is 0.614. The molecule has 0 unspecified atom stereocenters. The monoisotopic (exact) mass is 278 g/mol. The van der Waals surface area contributed by atoms with E-state index in [2.05, 4.69) is 0 Å². The molecule has 2 aromatic rings. The van der Waals surface area contributed by atoms with E-state index in [1.54, 1.807) is 36.4 Å². The van der Waals surface area contributed by atoms with Crippen molar-refractivity contribution in [2.45, 2.75) is 12.8 Å². The molecule has 0 bridgehead atoms. The second-order valence-electron chi connectivity index (χ2n) is 4.01. The van der Waals surface area contributed by atoms with Crippen molar-refractivity contribution in [3.63, 3.8) is 0 Å². The van der Waals surface area contributed by atoms with Crippen molar-refractivity contribution in [2.24, 2.45) is 0 Å². The first-order chi connectivity index (χ1) is 9.19. The van der Waals surface area contributed by atoms with Crippen LogP contribution in [0.15, 0.2) is 42.5 Å². The van der Waals surface area contributed by atoms with Gasteiger partial charge in [-0.2, -0.15) is 0 Å². The summed E-state index contributed by atoms with van der Waals surface area (Å²) >= 11 is 5.77. The molecule has 19 heavy (non-hydrogen) atoms. The topological polar surface area (TPSA) is 26.3 Å². The van der Waals surface area contributed by atoms with E-state index in [1.807, 2.05) is 0 Å². The molecule has 0 aliphatic carbocycles. The summed E-state index contributed by atoms with van der Waals surface area (Å²) < 4.78 is 19.2. The number of aldehydes is 1. The molecular weight excluding hydrogens is 267 g/mol. The maximum absolute atomic E-state index is 13.7. The van der Waals surface area contributed by atoms with Gasteiger partial charge in [-0.1, -0.05) is 17.7 Å². The van der Waals surface area contributed by atoms with Crippen LogP contribution in [0.1, 0.15) is 12.0 Å². The van der Waals surface area contributed by atoms with E-state index in [-0.39, 0.29) is 5.82 Å². The second-order valence-corrected chi connectivity index (χ2v) is 4.45. The number of hydrogen-bond donors (Lipinski definition) is 0. The van der Waals surface area contributed by atoms with Crippen LogP contribution >= 0.6 is 11.6 Å². The Morgan fingerprint density at radius 2 is 1.79 bits per heavy atom. The number of carbonyl (C=O) groups is 1. The molecule has 2 rings (SSSR count). The summed E-state index contributed by atoms with van der Waals surface area (Å²) in [6.45, 7) is 0. The van der Waals surface area contributed by atoms with Crippen molar-refractivity contribution in [3.8, 4) is 11.5 Å². The fourth-order valence-electron chi connectivity index (χ4n) is 1.65. The zero-order chi connectivity index (χ0) is 13.7. The molecule has 0 aromatic heterocycles. The van der Waals surface area contributed by atoms with Crippen molar-refractivity contribution in [1.82, 2.24) is 0 Å². The zero-order valence-corrected chi connectivity index (χ0v) is 10.9. The lowest BCUT2D eigenvalue weighted by Gasteiger charge is -2.07. The predicted octanol–water partition coefficient (Wildman–Crippen LogP) is 4.40. The highest BCUT2D eigenvalue weighted by Crippen LogP contribution is 2.25. The third kappa shape index (κ3) is 3.80. The van der Waals surface area contributed by atoms with Gasteiger partial charge in [0, 0.05) is 17.5 Å². The normalized spacial score (nSPS) is 10.2. The smallest absolute Gasteiger partial charge is 0.130 e. The van der Waals surface area contributed by atoms with E-state index in [9.17, 15) is 9.18 Å². The molecule has 0 saturated heterocycles. The molecule has 2 nitrogen and oxygen atoms in total. The minimum Gasteiger partial charge on any atom is -0.457 e. The highest BCUT2D eigenvalue weighted by molar-refractivity contribution is 6.30. The van der Waals surface area contributed by atoms with Gasteiger partial charge >= 0.3 is 0 Å². The molecule has 0 amide bonds. The summed E-state index contributed by atoms with van der Waals surface area (Å²) in [6.07, 6.45) is 1.49. The van der Waals surface area contributed by atoms with Crippen molar-refractivity contribution < 1.29 is 13.9 Å². The number of benzene rings is 2. The number of carbonyl (C=O) groups excluding carboxylic acids is 1. The van der Waals surface area contributed by atoms with Crippen molar-refractivity contribution in [1.29, 1.82) is 0 Å². The summed E-state index contributed by atoms with van der Waals surface area (Å²) in [4.78, 5) is 10.3. The first-order valence-corrected chi connectivity index (χ1v) is 6.22. The van der Waals surface area contributed by atoms with Crippen molar-refractivity contribution in [3.05, 3.63) is 58.9 Å². The summed E-state index contributed by atoms with van der Waals surface area (Å²) in [5.41, 5.74) is 0.510. The first kappa shape index (κ1) is 13.6. The maximum atomic E-state index is 13.7. The van der Waals surface area contributed by atoms with Gasteiger partial charge in [0.2, 0.25) is 0 Å². The molecule has 0 N–H and O–H groups in total. The average Bonchev–Trinajstić information content (AvgIpc) is 2.41. The third-order valence-electron chi connectivity index (χ3n) is 2.61. The molecule has 4 heteroatoms. The Bertz CT molecular complexity index is 567. The maximum Gasteiger partial charge on any atom is 0.130 e. The minimum absolute atomic E-state index is 0.314. The van der Waals surface area contributed by atoms with Crippen LogP contribution in [0.4, 0.5) is 4.39 Å². The molecule has 0 atom stereocenters. The fourth-order valence-corrected chi connectivity index (χ4v) is 1.77. The van der Waals surface area contributed by atoms with E-state index in [4.69, 9.17) is 16.3 Å². The van der Waals surface area contributed by atoms with Gasteiger partial charge in [0.05, 0.1) is 0 Å². The highest BCUT2D eigenvalue weighted by atomic mass is 35.5. The van der Waals surface area contributed by atoms with Gasteiger partial charge in [-0.15, -0.1) is 0 Å². The van der Waals surface area contributed by atoms with Gasteiger partial charge in [0.1, 0.15) is 23.6 Å². The highest BCUT2D eigenvalue weighted by Gasteiger charge is 2.05. The number of rotatable bonds is 5. The van der Waals surface area contributed by atoms with Crippen LogP contribution in [0.2, 0.25) is 5.02 Å². The molecule has 0 aliphatic heterocycles. The number of halogens is 2. The van der Waals surface area contributed by atoms with Gasteiger partial charge in [-0.3, -0.25) is 0 Å². The second kappa shape index (κ2) is 6.34. The van der Waals surface area contributed by atoms with Crippen molar-refractivity contribution >= 4 is 17.9 Å². The van der Waals surface area contributed by atoms with Crippen LogP contribution < -0.4 is 4.74 Å². The average molecular weight is 279 g/mol. The van der Waals surface area contributed by atoms with E-state index in [0.29, 0.717) is 34.9 Å². The Kier molecular flexibility index (Phi) is 4.53. The van der Waals surface area contributed by atoms with Crippen LogP contribution in [0.5, 0.6) is 11.5 Å². The van der Waals surface area contributed by atoms with E-state index >= 15 is 0 Å². The fraction of sp³-hybridized carbons (Fsp3) is 0.133. The lowest BCUT2D eigenvalue weighted by atomic mass is 10.1. The molecular formula is C15H12ClFO2. The molecule has 0 heterocycles. The number of ether oxygens (including phenoxy) is 1. The Balaban J connectivity index is 2.11. The Morgan fingerprint density at radius 1 is 1.11 bits per heavy atom. The lowest BCUT2D eigenvalue weighted by molar-refractivity contribution is -0.107. The van der Waals surface area contributed by atoms with E-state index in [1.165, 1.54) is 6.07 Å². The first-order valence-electron chi connectivity index (χ1n) is 5.84. The summed E-state index contributed by atoms with van der Waals surface area (Å²) in [7, 11) is 0. The zero-order valence-electron chi connectivity index (χ0n) is 10.1. The van der Waals surface area contributed by atoms with Gasteiger partial charge < -0.3 is 9.53 Å². The molecule has 0 saturated carbocycles. The standard InChI is InChI=1S/C15H12ClFO2/c16-12-4-7-13(8-5-12)19-14-6-3-11(2-1-9-18)15(17)10-14/h3-10H,1-2H2. The van der Waals surface area contributed by atoms with Crippen LogP contribution in [-0.4, -0.2) is 6.29 Å². The van der Waals surface area contributed by atoms with Gasteiger partial charge in [0.15, 0.2) is 0 Å². The van der Waals surface area contributed by atoms with Crippen molar-refractivity contribution in [2.75, 3.05) is 0 Å². The van der Waals surface area contributed by atoms with Crippen LogP contribution in [0.3, 0.4) is 0 Å². The van der Waals surface area contributed by atoms with Crippen LogP contribution in [-0.2, 0) is 11.2 Å². The molecule has 0 radical (unpaired) electrons. The number of aryl methyl sites for hydroxylation is 1. The molecule has 0 aliphatic rings. The predicted molar refractivity (Wildman–Crippen MR) is 72.3 cm³/mol. The number of hydrogen-bond acceptors (Lipinski definition) is 2. The largest absolute Gasteiger partial charge is 0.457 e. The molecule has 98 valence electrons. The Morgan fingerprint density at radius 3 is 2.42 bits per heavy atom.